The van der Waals surface area contributed by atoms with Crippen LogP contribution in [0.25, 0.3) is 0 Å². The molecular weight excluding hydrogens is 238 g/mol. The number of thioether (sulfide) groups is 1. The van der Waals surface area contributed by atoms with Gasteiger partial charge in [0.05, 0.1) is 5.75 Å². The zero-order valence-corrected chi connectivity index (χ0v) is 10.9. The SMILES string of the molecule is CCn1ncnc1CSCCc1cccs1. The van der Waals surface area contributed by atoms with E-state index >= 15 is 0 Å². The summed E-state index contributed by atoms with van der Waals surface area (Å²) in [6.45, 7) is 3.00. The second-order valence-electron chi connectivity index (χ2n) is 3.37. The Labute approximate surface area is 104 Å². The lowest BCUT2D eigenvalue weighted by Crippen LogP contribution is -2.02. The summed E-state index contributed by atoms with van der Waals surface area (Å²) in [4.78, 5) is 5.72. The van der Waals surface area contributed by atoms with Gasteiger partial charge in [0.2, 0.25) is 0 Å². The van der Waals surface area contributed by atoms with E-state index in [0.717, 1.165) is 30.3 Å². The third-order valence-electron chi connectivity index (χ3n) is 2.30. The molecule has 2 heterocycles. The third kappa shape index (κ3) is 3.09. The van der Waals surface area contributed by atoms with Crippen LogP contribution in [0.3, 0.4) is 0 Å². The van der Waals surface area contributed by atoms with Crippen LogP contribution < -0.4 is 0 Å². The molecule has 0 aliphatic rings. The van der Waals surface area contributed by atoms with Crippen LogP contribution in [-0.2, 0) is 18.7 Å². The van der Waals surface area contributed by atoms with Crippen LogP contribution in [0.1, 0.15) is 17.6 Å². The molecule has 2 aromatic heterocycles. The minimum Gasteiger partial charge on any atom is -0.250 e. The summed E-state index contributed by atoms with van der Waals surface area (Å²) < 4.78 is 1.96. The number of thiophene rings is 1. The summed E-state index contributed by atoms with van der Waals surface area (Å²) >= 11 is 3.75. The standard InChI is InChI=1S/C11H15N3S2/c1-2-14-11(12-9-13-14)8-15-7-5-10-4-3-6-16-10/h3-4,6,9H,2,5,7-8H2,1H3. The molecule has 0 atom stereocenters. The molecule has 2 aromatic rings. The van der Waals surface area contributed by atoms with Crippen LogP contribution in [0.15, 0.2) is 23.8 Å². The van der Waals surface area contributed by atoms with E-state index in [0.29, 0.717) is 0 Å². The van der Waals surface area contributed by atoms with Crippen LogP contribution in [-0.4, -0.2) is 20.5 Å². The van der Waals surface area contributed by atoms with Crippen molar-refractivity contribution in [1.29, 1.82) is 0 Å². The molecule has 0 amide bonds. The maximum atomic E-state index is 4.26. The van der Waals surface area contributed by atoms with Gasteiger partial charge in [-0.2, -0.15) is 16.9 Å². The molecule has 3 nitrogen and oxygen atoms in total. The van der Waals surface area contributed by atoms with Crippen molar-refractivity contribution in [3.63, 3.8) is 0 Å². The molecule has 0 N–H and O–H groups in total. The molecule has 0 spiro atoms. The molecule has 0 saturated heterocycles. The van der Waals surface area contributed by atoms with Crippen LogP contribution in [0, 0.1) is 0 Å². The van der Waals surface area contributed by atoms with Gasteiger partial charge < -0.3 is 0 Å². The first-order valence-electron chi connectivity index (χ1n) is 5.37. The Balaban J connectivity index is 1.72. The van der Waals surface area contributed by atoms with Crippen molar-refractivity contribution in [2.24, 2.45) is 0 Å². The third-order valence-corrected chi connectivity index (χ3v) is 4.19. The van der Waals surface area contributed by atoms with E-state index in [1.54, 1.807) is 6.33 Å². The Morgan fingerprint density at radius 2 is 2.44 bits per heavy atom. The van der Waals surface area contributed by atoms with Crippen LogP contribution >= 0.6 is 23.1 Å². The fourth-order valence-electron chi connectivity index (χ4n) is 1.46. The number of hydrogen-bond donors (Lipinski definition) is 0. The van der Waals surface area contributed by atoms with Crippen molar-refractivity contribution in [2.45, 2.75) is 25.6 Å². The molecule has 0 radical (unpaired) electrons. The highest BCUT2D eigenvalue weighted by atomic mass is 32.2. The minimum absolute atomic E-state index is 0.904. The van der Waals surface area contributed by atoms with Crippen LogP contribution in [0.4, 0.5) is 0 Å². The predicted octanol–water partition coefficient (Wildman–Crippen LogP) is 2.84. The fourth-order valence-corrected chi connectivity index (χ4v) is 3.21. The normalized spacial score (nSPS) is 10.8. The average molecular weight is 253 g/mol. The van der Waals surface area contributed by atoms with Gasteiger partial charge in [-0.1, -0.05) is 6.07 Å². The van der Waals surface area contributed by atoms with Gasteiger partial charge in [-0.3, -0.25) is 0 Å². The monoisotopic (exact) mass is 253 g/mol. The van der Waals surface area contributed by atoms with Gasteiger partial charge in [-0.05, 0) is 30.5 Å². The number of nitrogens with zero attached hydrogens (tertiary/aromatic N) is 3. The van der Waals surface area contributed by atoms with Crippen LogP contribution in [0.2, 0.25) is 0 Å². The number of hydrogen-bond acceptors (Lipinski definition) is 4. The van der Waals surface area contributed by atoms with Crippen molar-refractivity contribution in [2.75, 3.05) is 5.75 Å². The summed E-state index contributed by atoms with van der Waals surface area (Å²) in [7, 11) is 0. The second kappa shape index (κ2) is 6.06. The highest BCUT2D eigenvalue weighted by molar-refractivity contribution is 7.98. The summed E-state index contributed by atoms with van der Waals surface area (Å²) in [5, 5.41) is 6.29. The van der Waals surface area contributed by atoms with E-state index in [9.17, 15) is 0 Å². The van der Waals surface area contributed by atoms with Crippen molar-refractivity contribution in [3.8, 4) is 0 Å². The van der Waals surface area contributed by atoms with Gasteiger partial charge in [0.25, 0.3) is 0 Å². The van der Waals surface area contributed by atoms with E-state index in [1.165, 1.54) is 4.88 Å². The van der Waals surface area contributed by atoms with Gasteiger partial charge in [0.1, 0.15) is 12.2 Å². The molecule has 0 aliphatic carbocycles. The number of rotatable bonds is 6. The van der Waals surface area contributed by atoms with E-state index in [4.69, 9.17) is 0 Å². The van der Waals surface area contributed by atoms with Crippen molar-refractivity contribution in [3.05, 3.63) is 34.5 Å². The molecule has 2 rings (SSSR count). The van der Waals surface area contributed by atoms with E-state index < -0.39 is 0 Å². The molecule has 0 saturated carbocycles. The Hall–Kier alpha value is -0.810. The molecule has 0 aromatic carbocycles. The lowest BCUT2D eigenvalue weighted by Gasteiger charge is -2.02. The average Bonchev–Trinajstić information content (AvgIpc) is 2.95. The summed E-state index contributed by atoms with van der Waals surface area (Å²) in [5.74, 6) is 3.19. The van der Waals surface area contributed by atoms with Crippen LogP contribution in [0.5, 0.6) is 0 Å². The van der Waals surface area contributed by atoms with Gasteiger partial charge in [0.15, 0.2) is 0 Å². The smallest absolute Gasteiger partial charge is 0.138 e. The van der Waals surface area contributed by atoms with Gasteiger partial charge >= 0.3 is 0 Å². The van der Waals surface area contributed by atoms with Crippen molar-refractivity contribution in [1.82, 2.24) is 14.8 Å². The maximum Gasteiger partial charge on any atom is 0.138 e. The van der Waals surface area contributed by atoms with Gasteiger partial charge in [-0.25, -0.2) is 9.67 Å². The lowest BCUT2D eigenvalue weighted by molar-refractivity contribution is 0.632. The summed E-state index contributed by atoms with van der Waals surface area (Å²) in [6.07, 6.45) is 2.79. The maximum absolute atomic E-state index is 4.26. The Kier molecular flexibility index (Phi) is 4.42. The molecule has 0 bridgehead atoms. The molecule has 0 aliphatic heterocycles. The molecular formula is C11H15N3S2. The zero-order valence-electron chi connectivity index (χ0n) is 9.30. The number of aromatic nitrogens is 3. The highest BCUT2D eigenvalue weighted by Gasteiger charge is 2.02. The molecule has 86 valence electrons. The number of aryl methyl sites for hydroxylation is 2. The largest absolute Gasteiger partial charge is 0.250 e. The second-order valence-corrected chi connectivity index (χ2v) is 5.51. The first-order valence-corrected chi connectivity index (χ1v) is 7.40. The van der Waals surface area contributed by atoms with Gasteiger partial charge in [0, 0.05) is 11.4 Å². The van der Waals surface area contributed by atoms with Gasteiger partial charge in [-0.15, -0.1) is 11.3 Å². The summed E-state index contributed by atoms with van der Waals surface area (Å²) in [5.41, 5.74) is 0. The van der Waals surface area contributed by atoms with Crippen molar-refractivity contribution < 1.29 is 0 Å². The van der Waals surface area contributed by atoms with E-state index in [2.05, 4.69) is 34.5 Å². The topological polar surface area (TPSA) is 30.7 Å². The Morgan fingerprint density at radius 1 is 1.50 bits per heavy atom. The zero-order chi connectivity index (χ0) is 11.2. The fraction of sp³-hybridized carbons (Fsp3) is 0.455. The van der Waals surface area contributed by atoms with Crippen molar-refractivity contribution >= 4 is 23.1 Å². The predicted molar refractivity (Wildman–Crippen MR) is 69.9 cm³/mol. The first kappa shape index (κ1) is 11.7. The first-order chi connectivity index (χ1) is 7.90. The molecule has 0 fully saturated rings. The molecule has 0 unspecified atom stereocenters. The minimum atomic E-state index is 0.904. The lowest BCUT2D eigenvalue weighted by atomic mass is 10.4. The Morgan fingerprint density at radius 3 is 3.19 bits per heavy atom. The Bertz CT molecular complexity index is 409. The summed E-state index contributed by atoms with van der Waals surface area (Å²) in [6, 6.07) is 4.30. The quantitative estimate of drug-likeness (QED) is 0.742. The molecule has 5 heteroatoms. The molecule has 16 heavy (non-hydrogen) atoms. The van der Waals surface area contributed by atoms with E-state index in [-0.39, 0.29) is 0 Å². The highest BCUT2D eigenvalue weighted by Crippen LogP contribution is 2.15. The van der Waals surface area contributed by atoms with E-state index in [1.807, 2.05) is 27.8 Å².